The summed E-state index contributed by atoms with van der Waals surface area (Å²) in [4.78, 5) is 13.7. The first-order valence-electron chi connectivity index (χ1n) is 9.89. The molecule has 0 unspecified atom stereocenters. The van der Waals surface area contributed by atoms with Crippen LogP contribution >= 0.6 is 23.2 Å². The molecule has 29 heavy (non-hydrogen) atoms. The van der Waals surface area contributed by atoms with E-state index in [1.54, 1.807) is 13.1 Å². The summed E-state index contributed by atoms with van der Waals surface area (Å²) in [6.45, 7) is 8.79. The van der Waals surface area contributed by atoms with E-state index in [0.717, 1.165) is 49.7 Å². The number of halogens is 2. The predicted molar refractivity (Wildman–Crippen MR) is 122 cm³/mol. The van der Waals surface area contributed by atoms with Gasteiger partial charge < -0.3 is 20.4 Å². The predicted octanol–water partition coefficient (Wildman–Crippen LogP) is 3.40. The average Bonchev–Trinajstić information content (AvgIpc) is 2.75. The van der Waals surface area contributed by atoms with Crippen molar-refractivity contribution in [3.8, 4) is 0 Å². The van der Waals surface area contributed by atoms with Crippen molar-refractivity contribution < 1.29 is 0 Å². The minimum absolute atomic E-state index is 0.566. The van der Waals surface area contributed by atoms with Crippen molar-refractivity contribution in [2.24, 2.45) is 4.99 Å². The van der Waals surface area contributed by atoms with E-state index >= 15 is 0 Å². The lowest BCUT2D eigenvalue weighted by Gasteiger charge is -2.34. The molecule has 0 atom stereocenters. The number of pyridine rings is 1. The van der Waals surface area contributed by atoms with Gasteiger partial charge in [0.15, 0.2) is 5.96 Å². The number of piperazine rings is 1. The topological polar surface area (TPSA) is 55.8 Å². The molecule has 2 N–H and O–H groups in total. The zero-order valence-corrected chi connectivity index (χ0v) is 18.5. The Bertz CT molecular complexity index is 816. The molecule has 0 spiro atoms. The number of nitrogens with one attached hydrogen (secondary N) is 2. The van der Waals surface area contributed by atoms with Gasteiger partial charge in [-0.05, 0) is 35.9 Å². The number of aliphatic imine (C=N–C) groups is 1. The maximum atomic E-state index is 6.22. The summed E-state index contributed by atoms with van der Waals surface area (Å²) < 4.78 is 0. The molecule has 0 radical (unpaired) electrons. The summed E-state index contributed by atoms with van der Waals surface area (Å²) in [5.41, 5.74) is 2.07. The van der Waals surface area contributed by atoms with Crippen molar-refractivity contribution in [2.75, 3.05) is 44.7 Å². The summed E-state index contributed by atoms with van der Waals surface area (Å²) in [7, 11) is 1.75. The molecule has 1 saturated heterocycles. The molecule has 156 valence electrons. The monoisotopic (exact) mass is 434 g/mol. The van der Waals surface area contributed by atoms with E-state index in [-0.39, 0.29) is 0 Å². The smallest absolute Gasteiger partial charge is 0.191 e. The molecular weight excluding hydrogens is 407 g/mol. The first-order chi connectivity index (χ1) is 14.1. The van der Waals surface area contributed by atoms with Crippen LogP contribution in [0.5, 0.6) is 0 Å². The first-order valence-corrected chi connectivity index (χ1v) is 10.6. The zero-order valence-electron chi connectivity index (χ0n) is 17.0. The van der Waals surface area contributed by atoms with Crippen LogP contribution in [0.2, 0.25) is 10.0 Å². The number of aromatic nitrogens is 1. The number of hydrogen-bond acceptors (Lipinski definition) is 4. The van der Waals surface area contributed by atoms with Crippen LogP contribution in [0.25, 0.3) is 0 Å². The van der Waals surface area contributed by atoms with Crippen molar-refractivity contribution >= 4 is 35.0 Å². The number of benzene rings is 1. The van der Waals surface area contributed by atoms with E-state index in [2.05, 4.69) is 49.5 Å². The van der Waals surface area contributed by atoms with Gasteiger partial charge in [-0.2, -0.15) is 0 Å². The lowest BCUT2D eigenvalue weighted by Crippen LogP contribution is -2.46. The summed E-state index contributed by atoms with van der Waals surface area (Å²) in [6, 6.07) is 9.70. The molecule has 1 aliphatic heterocycles. The second-order valence-corrected chi connectivity index (χ2v) is 7.80. The Balaban J connectivity index is 1.48. The van der Waals surface area contributed by atoms with Gasteiger partial charge in [0.25, 0.3) is 0 Å². The molecule has 1 aliphatic rings. The zero-order chi connectivity index (χ0) is 20.6. The van der Waals surface area contributed by atoms with E-state index in [1.165, 1.54) is 0 Å². The van der Waals surface area contributed by atoms with Gasteiger partial charge in [-0.15, -0.1) is 0 Å². The highest BCUT2D eigenvalue weighted by atomic mass is 35.5. The van der Waals surface area contributed by atoms with Gasteiger partial charge >= 0.3 is 0 Å². The largest absolute Gasteiger partial charge is 0.354 e. The summed E-state index contributed by atoms with van der Waals surface area (Å²) in [6.07, 6.45) is 1.93. The lowest BCUT2D eigenvalue weighted by molar-refractivity contribution is 0.270. The third-order valence-electron chi connectivity index (χ3n) is 5.10. The maximum absolute atomic E-state index is 6.22. The SMILES string of the molecule is CCN1CCN(c2ccc(CNC(=NC)NCc3ccc(Cl)cc3Cl)cn2)CC1. The van der Waals surface area contributed by atoms with Gasteiger partial charge in [-0.25, -0.2) is 4.98 Å². The molecule has 0 saturated carbocycles. The van der Waals surface area contributed by atoms with Crippen molar-refractivity contribution in [3.05, 3.63) is 57.7 Å². The van der Waals surface area contributed by atoms with E-state index in [1.807, 2.05) is 18.3 Å². The Hall–Kier alpha value is -2.02. The summed E-state index contributed by atoms with van der Waals surface area (Å²) in [5, 5.41) is 7.84. The van der Waals surface area contributed by atoms with Gasteiger partial charge in [0.2, 0.25) is 0 Å². The molecule has 0 aliphatic carbocycles. The fourth-order valence-corrected chi connectivity index (χ4v) is 3.73. The van der Waals surface area contributed by atoms with Crippen LogP contribution < -0.4 is 15.5 Å². The highest BCUT2D eigenvalue weighted by molar-refractivity contribution is 6.35. The molecule has 2 aromatic rings. The number of nitrogens with zero attached hydrogens (tertiary/aromatic N) is 4. The minimum Gasteiger partial charge on any atom is -0.354 e. The van der Waals surface area contributed by atoms with E-state index in [0.29, 0.717) is 29.1 Å². The molecule has 1 fully saturated rings. The fraction of sp³-hybridized carbons (Fsp3) is 0.429. The van der Waals surface area contributed by atoms with Crippen molar-refractivity contribution in [2.45, 2.75) is 20.0 Å². The molecule has 6 nitrogen and oxygen atoms in total. The van der Waals surface area contributed by atoms with E-state index in [4.69, 9.17) is 23.2 Å². The van der Waals surface area contributed by atoms with Gasteiger partial charge in [0.05, 0.1) is 0 Å². The molecule has 0 bridgehead atoms. The van der Waals surface area contributed by atoms with Crippen LogP contribution in [0.4, 0.5) is 5.82 Å². The second-order valence-electron chi connectivity index (χ2n) is 6.96. The van der Waals surface area contributed by atoms with Crippen molar-refractivity contribution in [3.63, 3.8) is 0 Å². The fourth-order valence-electron chi connectivity index (χ4n) is 3.25. The first kappa shape index (κ1) is 21.7. The highest BCUT2D eigenvalue weighted by Gasteiger charge is 2.16. The maximum Gasteiger partial charge on any atom is 0.191 e. The van der Waals surface area contributed by atoms with E-state index in [9.17, 15) is 0 Å². The molecule has 1 aromatic heterocycles. The number of guanidine groups is 1. The summed E-state index contributed by atoms with van der Waals surface area (Å²) in [5.74, 6) is 1.75. The Morgan fingerprint density at radius 1 is 1.07 bits per heavy atom. The number of anilines is 1. The Kier molecular flexibility index (Phi) is 7.98. The highest BCUT2D eigenvalue weighted by Crippen LogP contribution is 2.20. The minimum atomic E-state index is 0.566. The molecule has 1 aromatic carbocycles. The van der Waals surface area contributed by atoms with Crippen LogP contribution in [-0.2, 0) is 13.1 Å². The number of hydrogen-bond donors (Lipinski definition) is 2. The van der Waals surface area contributed by atoms with Gasteiger partial charge in [0, 0.05) is 62.6 Å². The lowest BCUT2D eigenvalue weighted by atomic mass is 10.2. The quantitative estimate of drug-likeness (QED) is 0.538. The number of likely N-dealkylation sites (N-methyl/N-ethyl adjacent to an activating group) is 1. The Labute approximate surface area is 182 Å². The molecule has 0 amide bonds. The van der Waals surface area contributed by atoms with Crippen LogP contribution in [0.15, 0.2) is 41.5 Å². The number of rotatable bonds is 6. The third-order valence-corrected chi connectivity index (χ3v) is 5.68. The Morgan fingerprint density at radius 2 is 1.83 bits per heavy atom. The normalized spacial score (nSPS) is 15.4. The average molecular weight is 435 g/mol. The molecule has 2 heterocycles. The third kappa shape index (κ3) is 6.23. The van der Waals surface area contributed by atoms with Crippen LogP contribution in [0.1, 0.15) is 18.1 Å². The van der Waals surface area contributed by atoms with Gasteiger partial charge in [-0.1, -0.05) is 42.3 Å². The molecular formula is C21H28Cl2N6. The summed E-state index contributed by atoms with van der Waals surface area (Å²) >= 11 is 12.2. The molecule has 3 rings (SSSR count). The standard InChI is InChI=1S/C21H28Cl2N6/c1-3-28-8-10-29(11-9-28)20-7-4-16(13-25-20)14-26-21(24-2)27-15-17-5-6-18(22)12-19(17)23/h4-7,12-13H,3,8-11,14-15H2,1-2H3,(H2,24,26,27). The van der Waals surface area contributed by atoms with Crippen molar-refractivity contribution in [1.29, 1.82) is 0 Å². The Morgan fingerprint density at radius 3 is 2.45 bits per heavy atom. The second kappa shape index (κ2) is 10.7. The van der Waals surface area contributed by atoms with Crippen LogP contribution in [0, 0.1) is 0 Å². The van der Waals surface area contributed by atoms with Crippen molar-refractivity contribution in [1.82, 2.24) is 20.5 Å². The van der Waals surface area contributed by atoms with Gasteiger partial charge in [0.1, 0.15) is 5.82 Å². The van der Waals surface area contributed by atoms with Crippen LogP contribution in [-0.4, -0.2) is 55.6 Å². The van der Waals surface area contributed by atoms with Gasteiger partial charge in [-0.3, -0.25) is 4.99 Å². The molecule has 8 heteroatoms. The van der Waals surface area contributed by atoms with Crippen LogP contribution in [0.3, 0.4) is 0 Å². The van der Waals surface area contributed by atoms with E-state index < -0.39 is 0 Å².